The van der Waals surface area contributed by atoms with Gasteiger partial charge in [0, 0.05) is 6.04 Å². The molecule has 2 aromatic carbocycles. The fourth-order valence-corrected chi connectivity index (χ4v) is 3.35. The molecule has 1 N–H and O–H groups in total. The number of fused-ring (bicyclic) bond motifs is 1. The van der Waals surface area contributed by atoms with Crippen molar-refractivity contribution in [2.45, 2.75) is 38.6 Å². The van der Waals surface area contributed by atoms with Gasteiger partial charge in [0.2, 0.25) is 0 Å². The number of hydrogen-bond donors (Lipinski definition) is 1. The van der Waals surface area contributed by atoms with Crippen LogP contribution in [0.3, 0.4) is 0 Å². The van der Waals surface area contributed by atoms with E-state index in [1.165, 1.54) is 40.7 Å². The minimum atomic E-state index is 0.430. The maximum Gasteiger partial charge on any atom is 0.0363 e. The van der Waals surface area contributed by atoms with Gasteiger partial charge in [-0.25, -0.2) is 0 Å². The molecule has 0 aromatic heterocycles. The van der Waals surface area contributed by atoms with Crippen LogP contribution in [-0.2, 0) is 19.3 Å². The van der Waals surface area contributed by atoms with Gasteiger partial charge in [0.1, 0.15) is 0 Å². The van der Waals surface area contributed by atoms with E-state index < -0.39 is 0 Å². The molecule has 22 heavy (non-hydrogen) atoms. The van der Waals surface area contributed by atoms with Crippen LogP contribution in [0.1, 0.15) is 47.2 Å². The lowest BCUT2D eigenvalue weighted by atomic mass is 9.89. The van der Waals surface area contributed by atoms with E-state index in [0.29, 0.717) is 6.04 Å². The fourth-order valence-electron chi connectivity index (χ4n) is 3.35. The van der Waals surface area contributed by atoms with Crippen molar-refractivity contribution < 1.29 is 0 Å². The Morgan fingerprint density at radius 1 is 1.14 bits per heavy atom. The molecule has 0 radical (unpaired) electrons. The topological polar surface area (TPSA) is 12.0 Å². The van der Waals surface area contributed by atoms with E-state index in [1.54, 1.807) is 0 Å². The zero-order chi connectivity index (χ0) is 15.4. The van der Waals surface area contributed by atoms with E-state index in [9.17, 15) is 0 Å². The Labute approximate surface area is 134 Å². The fraction of sp³-hybridized carbons (Fsp3) is 0.333. The van der Waals surface area contributed by atoms with Gasteiger partial charge in [0.25, 0.3) is 0 Å². The molecule has 0 aliphatic carbocycles. The molecule has 2 aromatic rings. The summed E-state index contributed by atoms with van der Waals surface area (Å²) < 4.78 is 0. The van der Waals surface area contributed by atoms with Crippen molar-refractivity contribution in [2.24, 2.45) is 0 Å². The smallest absolute Gasteiger partial charge is 0.0363 e. The first-order valence-electron chi connectivity index (χ1n) is 8.36. The highest BCUT2D eigenvalue weighted by molar-refractivity contribution is 5.51. The molecular weight excluding hydrogens is 266 g/mol. The SMILES string of the molecule is C=Cc1ccc2c(c1)CCNC2Cc1ccc(CCC)cc1. The minimum absolute atomic E-state index is 0.430. The van der Waals surface area contributed by atoms with Crippen LogP contribution in [0, 0.1) is 0 Å². The Morgan fingerprint density at radius 3 is 2.64 bits per heavy atom. The second-order valence-corrected chi connectivity index (χ2v) is 6.19. The summed E-state index contributed by atoms with van der Waals surface area (Å²) in [6.45, 7) is 7.17. The predicted molar refractivity (Wildman–Crippen MR) is 95.1 cm³/mol. The van der Waals surface area contributed by atoms with Gasteiger partial charge in [-0.05, 0) is 53.6 Å². The molecular formula is C21H25N. The van der Waals surface area contributed by atoms with Gasteiger partial charge in [-0.1, -0.05) is 68.5 Å². The summed E-state index contributed by atoms with van der Waals surface area (Å²) in [4.78, 5) is 0. The number of benzene rings is 2. The van der Waals surface area contributed by atoms with E-state index in [2.05, 4.69) is 61.3 Å². The van der Waals surface area contributed by atoms with Crippen LogP contribution in [0.4, 0.5) is 0 Å². The van der Waals surface area contributed by atoms with Crippen LogP contribution in [0.5, 0.6) is 0 Å². The summed E-state index contributed by atoms with van der Waals surface area (Å²) in [5.41, 5.74) is 7.01. The number of aryl methyl sites for hydroxylation is 1. The van der Waals surface area contributed by atoms with E-state index in [1.807, 2.05) is 6.08 Å². The summed E-state index contributed by atoms with van der Waals surface area (Å²) in [6, 6.07) is 16.3. The Kier molecular flexibility index (Phi) is 4.74. The molecule has 0 saturated heterocycles. The maximum atomic E-state index is 3.87. The highest BCUT2D eigenvalue weighted by atomic mass is 14.9. The van der Waals surface area contributed by atoms with Gasteiger partial charge in [-0.2, -0.15) is 0 Å². The van der Waals surface area contributed by atoms with Crippen molar-refractivity contribution in [3.05, 3.63) is 76.9 Å². The largest absolute Gasteiger partial charge is 0.309 e. The van der Waals surface area contributed by atoms with E-state index >= 15 is 0 Å². The number of hydrogen-bond acceptors (Lipinski definition) is 1. The van der Waals surface area contributed by atoms with Crippen LogP contribution in [-0.4, -0.2) is 6.54 Å². The molecule has 0 amide bonds. The molecule has 0 spiro atoms. The van der Waals surface area contributed by atoms with E-state index in [-0.39, 0.29) is 0 Å². The summed E-state index contributed by atoms with van der Waals surface area (Å²) in [5.74, 6) is 0. The monoisotopic (exact) mass is 291 g/mol. The second-order valence-electron chi connectivity index (χ2n) is 6.19. The second kappa shape index (κ2) is 6.93. The molecule has 1 atom stereocenters. The Balaban J connectivity index is 1.78. The van der Waals surface area contributed by atoms with Gasteiger partial charge in [-0.15, -0.1) is 0 Å². The third-order valence-electron chi connectivity index (χ3n) is 4.56. The van der Waals surface area contributed by atoms with Crippen LogP contribution < -0.4 is 5.32 Å². The van der Waals surface area contributed by atoms with E-state index in [0.717, 1.165) is 19.4 Å². The molecule has 1 unspecified atom stereocenters. The first kappa shape index (κ1) is 15.1. The quantitative estimate of drug-likeness (QED) is 0.841. The zero-order valence-electron chi connectivity index (χ0n) is 13.4. The molecule has 114 valence electrons. The molecule has 1 heteroatoms. The van der Waals surface area contributed by atoms with E-state index in [4.69, 9.17) is 0 Å². The number of nitrogens with one attached hydrogen (secondary N) is 1. The minimum Gasteiger partial charge on any atom is -0.309 e. The molecule has 0 bridgehead atoms. The molecule has 0 saturated carbocycles. The summed E-state index contributed by atoms with van der Waals surface area (Å²) in [7, 11) is 0. The summed E-state index contributed by atoms with van der Waals surface area (Å²) in [5, 5.41) is 3.68. The lowest BCUT2D eigenvalue weighted by molar-refractivity contribution is 0.502. The third-order valence-corrected chi connectivity index (χ3v) is 4.56. The van der Waals surface area contributed by atoms with Gasteiger partial charge in [-0.3, -0.25) is 0 Å². The van der Waals surface area contributed by atoms with Crippen molar-refractivity contribution in [3.8, 4) is 0 Å². The molecule has 1 aliphatic heterocycles. The standard InChI is InChI=1S/C21H25N/c1-3-5-17-6-8-18(9-7-17)15-21-20-11-10-16(4-2)14-19(20)12-13-22-21/h4,6-11,14,21-22H,2-3,5,12-13,15H2,1H3. The lowest BCUT2D eigenvalue weighted by Gasteiger charge is -2.27. The molecule has 1 heterocycles. The molecule has 1 aliphatic rings. The zero-order valence-corrected chi connectivity index (χ0v) is 13.4. The molecule has 1 nitrogen and oxygen atoms in total. The maximum absolute atomic E-state index is 3.87. The molecule has 0 fully saturated rings. The van der Waals surface area contributed by atoms with Crippen LogP contribution in [0.15, 0.2) is 49.0 Å². The van der Waals surface area contributed by atoms with Crippen molar-refractivity contribution in [2.75, 3.05) is 6.54 Å². The predicted octanol–water partition coefficient (Wildman–Crippen LogP) is 4.71. The summed E-state index contributed by atoms with van der Waals surface area (Å²) in [6.07, 6.45) is 6.50. The molecule has 3 rings (SSSR count). The van der Waals surface area contributed by atoms with Gasteiger partial charge in [0.05, 0.1) is 0 Å². The van der Waals surface area contributed by atoms with Gasteiger partial charge >= 0.3 is 0 Å². The van der Waals surface area contributed by atoms with Gasteiger partial charge in [0.15, 0.2) is 0 Å². The van der Waals surface area contributed by atoms with Crippen molar-refractivity contribution >= 4 is 6.08 Å². The highest BCUT2D eigenvalue weighted by Crippen LogP contribution is 2.27. The first-order valence-corrected chi connectivity index (χ1v) is 8.36. The average molecular weight is 291 g/mol. The lowest BCUT2D eigenvalue weighted by Crippen LogP contribution is -2.31. The number of rotatable bonds is 5. The Morgan fingerprint density at radius 2 is 1.91 bits per heavy atom. The van der Waals surface area contributed by atoms with Gasteiger partial charge < -0.3 is 5.32 Å². The third kappa shape index (κ3) is 3.31. The van der Waals surface area contributed by atoms with Crippen LogP contribution in [0.25, 0.3) is 6.08 Å². The van der Waals surface area contributed by atoms with Crippen molar-refractivity contribution in [1.29, 1.82) is 0 Å². The van der Waals surface area contributed by atoms with Crippen LogP contribution in [0.2, 0.25) is 0 Å². The summed E-state index contributed by atoms with van der Waals surface area (Å²) >= 11 is 0. The normalized spacial score (nSPS) is 17.0. The Hall–Kier alpha value is -1.86. The Bertz CT molecular complexity index is 639. The first-order chi connectivity index (χ1) is 10.8. The van der Waals surface area contributed by atoms with Crippen molar-refractivity contribution in [1.82, 2.24) is 5.32 Å². The average Bonchev–Trinajstić information content (AvgIpc) is 2.56. The highest BCUT2D eigenvalue weighted by Gasteiger charge is 2.19. The van der Waals surface area contributed by atoms with Crippen LogP contribution >= 0.6 is 0 Å². The van der Waals surface area contributed by atoms with Crippen molar-refractivity contribution in [3.63, 3.8) is 0 Å².